The van der Waals surface area contributed by atoms with Gasteiger partial charge in [0.05, 0.1) is 17.5 Å². The van der Waals surface area contributed by atoms with E-state index >= 15 is 0 Å². The molecule has 40 heavy (non-hydrogen) atoms. The zero-order valence-corrected chi connectivity index (χ0v) is 21.3. The second kappa shape index (κ2) is 12.4. The fourth-order valence-electron chi connectivity index (χ4n) is 4.52. The molecular formula is C28H25ClF3N2NaO5. The van der Waals surface area contributed by atoms with Gasteiger partial charge < -0.3 is 19.9 Å². The Morgan fingerprint density at radius 3 is 2.48 bits per heavy atom. The van der Waals surface area contributed by atoms with Crippen molar-refractivity contribution in [3.8, 4) is 17.2 Å². The first-order chi connectivity index (χ1) is 18.6. The number of hydrogen-bond donors (Lipinski definition) is 2. The third-order valence-corrected chi connectivity index (χ3v) is 6.99. The van der Waals surface area contributed by atoms with Crippen LogP contribution in [0.15, 0.2) is 48.5 Å². The summed E-state index contributed by atoms with van der Waals surface area (Å²) < 4.78 is 50.6. The van der Waals surface area contributed by atoms with E-state index in [1.807, 2.05) is 0 Å². The van der Waals surface area contributed by atoms with Gasteiger partial charge in [-0.25, -0.2) is 4.98 Å². The SMILES string of the molecule is O=C(NCCc1ccc(C(F)(F)F)nc1C1CC1)c1ccc(Oc2cc3c(cc2Cl)C(C(=O)O)CCO3)cc1.[NaH]. The number of benzene rings is 2. The predicted molar refractivity (Wildman–Crippen MR) is 143 cm³/mol. The first kappa shape index (κ1) is 30.2. The van der Waals surface area contributed by atoms with E-state index in [-0.39, 0.29) is 65.3 Å². The number of nitrogens with one attached hydrogen (secondary N) is 1. The number of carbonyl (C=O) groups is 2. The molecule has 1 atom stereocenters. The predicted octanol–water partition coefficient (Wildman–Crippen LogP) is 5.70. The number of amides is 1. The number of rotatable bonds is 8. The molecule has 12 heteroatoms. The van der Waals surface area contributed by atoms with Gasteiger partial charge >= 0.3 is 41.7 Å². The molecule has 0 bridgehead atoms. The van der Waals surface area contributed by atoms with Crippen molar-refractivity contribution >= 4 is 53.0 Å². The van der Waals surface area contributed by atoms with E-state index in [0.29, 0.717) is 46.7 Å². The van der Waals surface area contributed by atoms with Gasteiger partial charge in [0, 0.05) is 35.3 Å². The summed E-state index contributed by atoms with van der Waals surface area (Å²) in [5, 5.41) is 12.5. The summed E-state index contributed by atoms with van der Waals surface area (Å²) in [6.07, 6.45) is -2.14. The minimum absolute atomic E-state index is 0. The van der Waals surface area contributed by atoms with Gasteiger partial charge in [-0.2, -0.15) is 13.2 Å². The molecule has 1 fully saturated rings. The second-order valence-electron chi connectivity index (χ2n) is 9.49. The molecule has 1 saturated carbocycles. The number of pyridine rings is 1. The first-order valence-corrected chi connectivity index (χ1v) is 12.8. The van der Waals surface area contributed by atoms with E-state index in [1.54, 1.807) is 30.3 Å². The summed E-state index contributed by atoms with van der Waals surface area (Å²) in [5.41, 5.74) is 1.14. The Morgan fingerprint density at radius 1 is 1.10 bits per heavy atom. The van der Waals surface area contributed by atoms with Crippen molar-refractivity contribution < 1.29 is 37.3 Å². The quantitative estimate of drug-likeness (QED) is 0.330. The number of halogens is 4. The van der Waals surface area contributed by atoms with Crippen molar-refractivity contribution in [1.82, 2.24) is 10.3 Å². The monoisotopic (exact) mass is 584 g/mol. The van der Waals surface area contributed by atoms with E-state index in [2.05, 4.69) is 10.3 Å². The van der Waals surface area contributed by atoms with Crippen molar-refractivity contribution in [2.45, 2.75) is 43.7 Å². The number of carboxylic acids is 1. The van der Waals surface area contributed by atoms with E-state index in [0.717, 1.165) is 18.9 Å². The number of alkyl halides is 3. The standard InChI is InChI=1S/C28H24ClF3N2O5.Na.H/c29-21-13-20-19(27(36)37)10-12-38-22(20)14-23(21)39-18-6-3-17(4-7-18)26(35)33-11-9-16-5-8-24(28(30,31)32)34-25(16)15-1-2-15;;/h3-8,13-15,19H,1-2,9-12H2,(H,33,35)(H,36,37);;. The fourth-order valence-corrected chi connectivity index (χ4v) is 4.73. The molecule has 206 valence electrons. The second-order valence-corrected chi connectivity index (χ2v) is 9.90. The van der Waals surface area contributed by atoms with Crippen LogP contribution in [-0.2, 0) is 17.4 Å². The van der Waals surface area contributed by atoms with E-state index in [1.165, 1.54) is 12.1 Å². The Balaban J connectivity index is 0.00000370. The van der Waals surface area contributed by atoms with E-state index < -0.39 is 23.8 Å². The van der Waals surface area contributed by atoms with Crippen molar-refractivity contribution in [2.75, 3.05) is 13.2 Å². The topological polar surface area (TPSA) is 97.8 Å². The van der Waals surface area contributed by atoms with Crippen LogP contribution < -0.4 is 14.8 Å². The van der Waals surface area contributed by atoms with Gasteiger partial charge in [-0.3, -0.25) is 9.59 Å². The number of carbonyl (C=O) groups excluding carboxylic acids is 1. The first-order valence-electron chi connectivity index (χ1n) is 12.4. The molecule has 0 spiro atoms. The van der Waals surface area contributed by atoms with Crippen LogP contribution in [0.25, 0.3) is 0 Å². The molecule has 1 aliphatic carbocycles. The molecule has 0 radical (unpaired) electrons. The molecule has 2 heterocycles. The molecule has 2 N–H and O–H groups in total. The number of aromatic nitrogens is 1. The number of ether oxygens (including phenoxy) is 2. The fraction of sp³-hybridized carbons (Fsp3) is 0.321. The zero-order chi connectivity index (χ0) is 27.7. The van der Waals surface area contributed by atoms with Crippen molar-refractivity contribution in [1.29, 1.82) is 0 Å². The molecule has 1 amide bonds. The summed E-state index contributed by atoms with van der Waals surface area (Å²) in [4.78, 5) is 28.0. The maximum atomic E-state index is 13.0. The molecule has 1 unspecified atom stereocenters. The Kier molecular flexibility index (Phi) is 9.34. The summed E-state index contributed by atoms with van der Waals surface area (Å²) in [5.74, 6) is -0.851. The van der Waals surface area contributed by atoms with Crippen molar-refractivity contribution in [2.24, 2.45) is 0 Å². The third-order valence-electron chi connectivity index (χ3n) is 6.69. The Bertz CT molecular complexity index is 1410. The van der Waals surface area contributed by atoms with Gasteiger partial charge in [0.1, 0.15) is 22.9 Å². The van der Waals surface area contributed by atoms with Crippen LogP contribution >= 0.6 is 11.6 Å². The number of aliphatic carboxylic acids is 1. The van der Waals surface area contributed by atoms with Gasteiger partial charge in [-0.1, -0.05) is 17.7 Å². The summed E-state index contributed by atoms with van der Waals surface area (Å²) in [6, 6.07) is 11.8. The molecule has 1 aliphatic heterocycles. The van der Waals surface area contributed by atoms with Crippen LogP contribution in [-0.4, -0.2) is 64.7 Å². The molecule has 1 aromatic heterocycles. The van der Waals surface area contributed by atoms with Crippen LogP contribution in [0.4, 0.5) is 13.2 Å². The molecular weight excluding hydrogens is 560 g/mol. The Labute approximate surface area is 255 Å². The zero-order valence-electron chi connectivity index (χ0n) is 20.6. The minimum atomic E-state index is -4.49. The van der Waals surface area contributed by atoms with Crippen LogP contribution in [0, 0.1) is 0 Å². The average Bonchev–Trinajstić information content (AvgIpc) is 3.74. The molecule has 0 saturated heterocycles. The molecule has 2 aliphatic rings. The number of fused-ring (bicyclic) bond motifs is 1. The summed E-state index contributed by atoms with van der Waals surface area (Å²) >= 11 is 6.34. The molecule has 3 aromatic rings. The Hall–Kier alpha value is -2.79. The Morgan fingerprint density at radius 2 is 1.82 bits per heavy atom. The van der Waals surface area contributed by atoms with Gasteiger partial charge in [-0.05, 0) is 67.6 Å². The van der Waals surface area contributed by atoms with Crippen molar-refractivity contribution in [3.05, 3.63) is 81.6 Å². The number of carboxylic acid groups (broad SMARTS) is 1. The van der Waals surface area contributed by atoms with Crippen LogP contribution in [0.1, 0.15) is 64.0 Å². The van der Waals surface area contributed by atoms with E-state index in [9.17, 15) is 27.9 Å². The van der Waals surface area contributed by atoms with Gasteiger partial charge in [-0.15, -0.1) is 0 Å². The summed E-state index contributed by atoms with van der Waals surface area (Å²) in [6.45, 7) is 0.512. The third kappa shape index (κ3) is 6.91. The summed E-state index contributed by atoms with van der Waals surface area (Å²) in [7, 11) is 0. The molecule has 7 nitrogen and oxygen atoms in total. The van der Waals surface area contributed by atoms with Gasteiger partial charge in [0.15, 0.2) is 0 Å². The molecule has 2 aromatic carbocycles. The molecule has 5 rings (SSSR count). The number of nitrogens with zero attached hydrogens (tertiary/aromatic N) is 1. The van der Waals surface area contributed by atoms with Crippen LogP contribution in [0.3, 0.4) is 0 Å². The van der Waals surface area contributed by atoms with Crippen molar-refractivity contribution in [3.63, 3.8) is 0 Å². The van der Waals surface area contributed by atoms with Gasteiger partial charge in [0.2, 0.25) is 0 Å². The van der Waals surface area contributed by atoms with Crippen LogP contribution in [0.5, 0.6) is 17.2 Å². The normalized spacial score (nSPS) is 16.2. The van der Waals surface area contributed by atoms with Crippen LogP contribution in [0.2, 0.25) is 5.02 Å². The number of hydrogen-bond acceptors (Lipinski definition) is 5. The maximum absolute atomic E-state index is 13.0. The van der Waals surface area contributed by atoms with Gasteiger partial charge in [0.25, 0.3) is 5.91 Å². The average molecular weight is 585 g/mol. The van der Waals surface area contributed by atoms with E-state index in [4.69, 9.17) is 21.1 Å².